The minimum Gasteiger partial charge on any atom is -0.392 e. The van der Waals surface area contributed by atoms with E-state index in [0.29, 0.717) is 35.2 Å². The second-order valence-electron chi connectivity index (χ2n) is 9.50. The summed E-state index contributed by atoms with van der Waals surface area (Å²) in [4.78, 5) is 4.79. The summed E-state index contributed by atoms with van der Waals surface area (Å²) in [6.45, 7) is 3.10. The van der Waals surface area contributed by atoms with E-state index in [0.717, 1.165) is 40.9 Å². The van der Waals surface area contributed by atoms with E-state index in [1.165, 1.54) is 6.07 Å². The number of fused-ring (bicyclic) bond motifs is 3. The van der Waals surface area contributed by atoms with Crippen molar-refractivity contribution in [1.29, 1.82) is 0 Å². The molecule has 1 atom stereocenters. The van der Waals surface area contributed by atoms with E-state index < -0.39 is 0 Å². The van der Waals surface area contributed by atoms with Crippen LogP contribution in [0.2, 0.25) is 0 Å². The van der Waals surface area contributed by atoms with Crippen molar-refractivity contribution in [3.8, 4) is 11.3 Å². The average Bonchev–Trinajstić information content (AvgIpc) is 3.43. The number of pyridine rings is 1. The average molecular weight is 486 g/mol. The molecule has 1 aliphatic rings. The van der Waals surface area contributed by atoms with Gasteiger partial charge in [-0.15, -0.1) is 5.10 Å². The first kappa shape index (κ1) is 22.8. The van der Waals surface area contributed by atoms with Crippen molar-refractivity contribution in [2.24, 2.45) is 13.0 Å². The van der Waals surface area contributed by atoms with Gasteiger partial charge in [0, 0.05) is 37.6 Å². The van der Waals surface area contributed by atoms with E-state index in [4.69, 9.17) is 9.72 Å². The minimum atomic E-state index is -0.344. The van der Waals surface area contributed by atoms with Gasteiger partial charge in [-0.25, -0.2) is 9.07 Å². The standard InChI is InChI=1S/C28H28FN5O2/c1-17-26(33(2)32-31-17)21-14-23-25(30-15-21)24-22(29)9-8-20(16-35)28(24)34(23)27(18-6-4-3-5-7-18)19-10-12-36-13-11-19/h3-9,14-15,19,27,35H,10-13,16H2,1-2H3. The number of benzene rings is 2. The van der Waals surface area contributed by atoms with Crippen LogP contribution in [0.15, 0.2) is 54.7 Å². The number of aliphatic hydroxyl groups is 1. The molecule has 1 unspecified atom stereocenters. The number of aliphatic hydroxyl groups excluding tert-OH is 1. The van der Waals surface area contributed by atoms with Gasteiger partial charge in [0.15, 0.2) is 0 Å². The van der Waals surface area contributed by atoms with Crippen LogP contribution >= 0.6 is 0 Å². The zero-order valence-electron chi connectivity index (χ0n) is 20.4. The molecule has 0 radical (unpaired) electrons. The van der Waals surface area contributed by atoms with Crippen LogP contribution in [-0.2, 0) is 18.4 Å². The first-order valence-corrected chi connectivity index (χ1v) is 12.3. The molecular weight excluding hydrogens is 457 g/mol. The Morgan fingerprint density at radius 1 is 1.14 bits per heavy atom. The highest BCUT2D eigenvalue weighted by Crippen LogP contribution is 2.42. The molecule has 6 rings (SSSR count). The summed E-state index contributed by atoms with van der Waals surface area (Å²) in [6.07, 6.45) is 3.54. The van der Waals surface area contributed by atoms with Crippen molar-refractivity contribution >= 4 is 21.9 Å². The molecule has 0 aliphatic carbocycles. The smallest absolute Gasteiger partial charge is 0.134 e. The predicted molar refractivity (Wildman–Crippen MR) is 136 cm³/mol. The molecule has 1 N–H and O–H groups in total. The molecule has 0 bridgehead atoms. The molecule has 5 aromatic rings. The van der Waals surface area contributed by atoms with Gasteiger partial charge in [0.05, 0.1) is 46.0 Å². The van der Waals surface area contributed by atoms with Gasteiger partial charge >= 0.3 is 0 Å². The van der Waals surface area contributed by atoms with E-state index in [9.17, 15) is 5.11 Å². The number of ether oxygens (including phenoxy) is 1. The van der Waals surface area contributed by atoms with Gasteiger partial charge < -0.3 is 14.4 Å². The Bertz CT molecular complexity index is 1530. The predicted octanol–water partition coefficient (Wildman–Crippen LogP) is 4.94. The SMILES string of the molecule is Cc1nnn(C)c1-c1cnc2c3c(F)ccc(CO)c3n(C(c3ccccc3)C3CCOCC3)c2c1. The first-order valence-electron chi connectivity index (χ1n) is 12.3. The van der Waals surface area contributed by atoms with E-state index in [2.05, 4.69) is 33.1 Å². The molecule has 1 fully saturated rings. The normalized spacial score (nSPS) is 15.7. The molecule has 8 heteroatoms. The molecule has 0 saturated carbocycles. The maximum absolute atomic E-state index is 15.5. The van der Waals surface area contributed by atoms with E-state index >= 15 is 4.39 Å². The highest BCUT2D eigenvalue weighted by Gasteiger charge is 2.31. The number of hydrogen-bond acceptors (Lipinski definition) is 5. The summed E-state index contributed by atoms with van der Waals surface area (Å²) in [5, 5.41) is 19.1. The maximum atomic E-state index is 15.5. The Hall–Kier alpha value is -3.62. The van der Waals surface area contributed by atoms with Gasteiger partial charge in [-0.3, -0.25) is 4.98 Å². The second kappa shape index (κ2) is 9.11. The molecule has 2 aromatic carbocycles. The third-order valence-corrected chi connectivity index (χ3v) is 7.39. The number of rotatable bonds is 5. The van der Waals surface area contributed by atoms with E-state index in [-0.39, 0.29) is 24.4 Å². The van der Waals surface area contributed by atoms with Crippen LogP contribution in [-0.4, -0.2) is 42.9 Å². The number of halogens is 1. The summed E-state index contributed by atoms with van der Waals surface area (Å²) < 4.78 is 25.1. The fourth-order valence-electron chi connectivity index (χ4n) is 5.78. The van der Waals surface area contributed by atoms with Crippen molar-refractivity contribution < 1.29 is 14.2 Å². The first-order chi connectivity index (χ1) is 17.6. The second-order valence-corrected chi connectivity index (χ2v) is 9.50. The van der Waals surface area contributed by atoms with Crippen LogP contribution in [0.4, 0.5) is 4.39 Å². The molecule has 1 aliphatic heterocycles. The maximum Gasteiger partial charge on any atom is 0.134 e. The lowest BCUT2D eigenvalue weighted by Crippen LogP contribution is -2.27. The van der Waals surface area contributed by atoms with Crippen LogP contribution in [0, 0.1) is 18.7 Å². The molecule has 36 heavy (non-hydrogen) atoms. The number of aromatic nitrogens is 5. The molecule has 0 amide bonds. The summed E-state index contributed by atoms with van der Waals surface area (Å²) >= 11 is 0. The number of nitrogens with zero attached hydrogens (tertiary/aromatic N) is 5. The van der Waals surface area contributed by atoms with Crippen LogP contribution in [0.1, 0.15) is 35.7 Å². The Labute approximate surface area is 208 Å². The van der Waals surface area contributed by atoms with Gasteiger partial charge in [-0.2, -0.15) is 0 Å². The largest absolute Gasteiger partial charge is 0.392 e. The molecule has 4 heterocycles. The number of aryl methyl sites for hydroxylation is 2. The van der Waals surface area contributed by atoms with Gasteiger partial charge in [-0.1, -0.05) is 41.6 Å². The highest BCUT2D eigenvalue weighted by atomic mass is 19.1. The third-order valence-electron chi connectivity index (χ3n) is 7.39. The fraction of sp³-hybridized carbons (Fsp3) is 0.321. The van der Waals surface area contributed by atoms with Crippen LogP contribution in [0.25, 0.3) is 33.2 Å². The highest BCUT2D eigenvalue weighted by molar-refractivity contribution is 6.08. The van der Waals surface area contributed by atoms with Crippen LogP contribution in [0.5, 0.6) is 0 Å². The summed E-state index contributed by atoms with van der Waals surface area (Å²) in [6, 6.07) is 15.4. The van der Waals surface area contributed by atoms with Gasteiger partial charge in [0.1, 0.15) is 5.82 Å². The lowest BCUT2D eigenvalue weighted by Gasteiger charge is -2.33. The summed E-state index contributed by atoms with van der Waals surface area (Å²) in [5.41, 5.74) is 6.45. The zero-order valence-corrected chi connectivity index (χ0v) is 20.4. The lowest BCUT2D eigenvalue weighted by molar-refractivity contribution is 0.0552. The van der Waals surface area contributed by atoms with E-state index in [1.807, 2.05) is 32.2 Å². The zero-order chi connectivity index (χ0) is 24.8. The quantitative estimate of drug-likeness (QED) is 0.382. The Balaban J connectivity index is 1.73. The molecule has 0 spiro atoms. The Morgan fingerprint density at radius 3 is 2.61 bits per heavy atom. The Kier molecular flexibility index (Phi) is 5.78. The summed E-state index contributed by atoms with van der Waals surface area (Å²) in [5.74, 6) is -0.0677. The van der Waals surface area contributed by atoms with Gasteiger partial charge in [0.2, 0.25) is 0 Å². The molecular formula is C28H28FN5O2. The molecule has 3 aromatic heterocycles. The number of hydrogen-bond donors (Lipinski definition) is 1. The van der Waals surface area contributed by atoms with Gasteiger partial charge in [-0.05, 0) is 43.4 Å². The van der Waals surface area contributed by atoms with Crippen LogP contribution in [0.3, 0.4) is 0 Å². The monoisotopic (exact) mass is 485 g/mol. The van der Waals surface area contributed by atoms with Gasteiger partial charge in [0.25, 0.3) is 0 Å². The molecule has 184 valence electrons. The van der Waals surface area contributed by atoms with Crippen molar-refractivity contribution in [2.75, 3.05) is 13.2 Å². The van der Waals surface area contributed by atoms with Crippen molar-refractivity contribution in [1.82, 2.24) is 24.5 Å². The van der Waals surface area contributed by atoms with Crippen molar-refractivity contribution in [3.05, 3.63) is 77.4 Å². The molecule has 7 nitrogen and oxygen atoms in total. The van der Waals surface area contributed by atoms with Crippen LogP contribution < -0.4 is 0 Å². The molecule has 1 saturated heterocycles. The Morgan fingerprint density at radius 2 is 1.92 bits per heavy atom. The third kappa shape index (κ3) is 3.60. The fourth-order valence-corrected chi connectivity index (χ4v) is 5.78. The van der Waals surface area contributed by atoms with Crippen molar-refractivity contribution in [3.63, 3.8) is 0 Å². The minimum absolute atomic E-state index is 0.0787. The van der Waals surface area contributed by atoms with Crippen molar-refractivity contribution in [2.45, 2.75) is 32.4 Å². The topological polar surface area (TPSA) is 78.0 Å². The summed E-state index contributed by atoms with van der Waals surface area (Å²) in [7, 11) is 1.85. The van der Waals surface area contributed by atoms with E-state index in [1.54, 1.807) is 16.9 Å². The lowest BCUT2D eigenvalue weighted by atomic mass is 9.86.